The highest BCUT2D eigenvalue weighted by Crippen LogP contribution is 2.27. The molecule has 0 aliphatic carbocycles. The number of thiophene rings is 1. The number of aliphatic imine (C=N–C) groups is 2. The number of halogens is 1. The number of benzene rings is 1. The quantitative estimate of drug-likeness (QED) is 0.480. The maximum Gasteiger partial charge on any atom is 0.222 e. The fraction of sp³-hybridized carbons (Fsp3) is 0.263. The Hall–Kier alpha value is -1.76. The molecule has 2 N–H and O–H groups in total. The Labute approximate surface area is 161 Å². The molecule has 0 saturated heterocycles. The highest BCUT2D eigenvalue weighted by atomic mass is 79.9. The largest absolute Gasteiger partial charge is 0.388 e. The number of guanidine groups is 1. The summed E-state index contributed by atoms with van der Waals surface area (Å²) in [5.41, 5.74) is 2.92. The van der Waals surface area contributed by atoms with Crippen molar-refractivity contribution in [2.75, 3.05) is 5.32 Å². The first kappa shape index (κ1) is 19.6. The van der Waals surface area contributed by atoms with E-state index in [2.05, 4.69) is 50.1 Å². The van der Waals surface area contributed by atoms with Crippen LogP contribution in [-0.2, 0) is 6.54 Å². The number of rotatable bonds is 6. The second kappa shape index (κ2) is 9.65. The zero-order valence-corrected chi connectivity index (χ0v) is 16.8. The van der Waals surface area contributed by atoms with Crippen LogP contribution in [0.5, 0.6) is 0 Å². The summed E-state index contributed by atoms with van der Waals surface area (Å²) in [5, 5.41) is 15.3. The van der Waals surface area contributed by atoms with Crippen LogP contribution < -0.4 is 5.32 Å². The molecule has 4 nitrogen and oxygen atoms in total. The van der Waals surface area contributed by atoms with Gasteiger partial charge in [0, 0.05) is 26.6 Å². The fourth-order valence-corrected chi connectivity index (χ4v) is 3.66. The van der Waals surface area contributed by atoms with Crippen LogP contribution in [0.15, 0.2) is 56.8 Å². The lowest BCUT2D eigenvalue weighted by molar-refractivity contribution is 0.174. The van der Waals surface area contributed by atoms with E-state index in [9.17, 15) is 5.11 Å². The molecule has 2 aromatic rings. The van der Waals surface area contributed by atoms with Crippen molar-refractivity contribution in [3.63, 3.8) is 0 Å². The van der Waals surface area contributed by atoms with Gasteiger partial charge in [0.2, 0.25) is 5.96 Å². The van der Waals surface area contributed by atoms with Crippen molar-refractivity contribution < 1.29 is 5.11 Å². The number of hydrogen-bond acceptors (Lipinski definition) is 3. The van der Waals surface area contributed by atoms with E-state index in [0.717, 1.165) is 15.7 Å². The van der Waals surface area contributed by atoms with Gasteiger partial charge in [-0.05, 0) is 52.5 Å². The van der Waals surface area contributed by atoms with Crippen molar-refractivity contribution in [2.24, 2.45) is 9.98 Å². The van der Waals surface area contributed by atoms with E-state index < -0.39 is 6.10 Å². The smallest absolute Gasteiger partial charge is 0.222 e. The monoisotopic (exact) mass is 419 g/mol. The van der Waals surface area contributed by atoms with Crippen LogP contribution in [0.2, 0.25) is 0 Å². The van der Waals surface area contributed by atoms with Crippen LogP contribution in [0, 0.1) is 6.92 Å². The average Bonchev–Trinajstić information content (AvgIpc) is 2.95. The molecule has 1 unspecified atom stereocenters. The third-order valence-electron chi connectivity index (χ3n) is 3.67. The van der Waals surface area contributed by atoms with Gasteiger partial charge in [-0.2, -0.15) is 0 Å². The summed E-state index contributed by atoms with van der Waals surface area (Å²) in [6, 6.07) is 7.67. The van der Waals surface area contributed by atoms with Gasteiger partial charge in [0.15, 0.2) is 0 Å². The second-order valence-electron chi connectivity index (χ2n) is 5.46. The van der Waals surface area contributed by atoms with Crippen molar-refractivity contribution in [2.45, 2.75) is 32.9 Å². The van der Waals surface area contributed by atoms with E-state index in [0.29, 0.717) is 18.9 Å². The number of nitrogens with one attached hydrogen (secondary N) is 1. The molecule has 0 radical (unpaired) electrons. The summed E-state index contributed by atoms with van der Waals surface area (Å²) in [6.45, 7) is 8.23. The molecule has 0 aliphatic heterocycles. The maximum absolute atomic E-state index is 10.0. The summed E-state index contributed by atoms with van der Waals surface area (Å²) in [6.07, 6.45) is 3.42. The molecule has 1 heterocycles. The van der Waals surface area contributed by atoms with E-state index in [-0.39, 0.29) is 0 Å². The predicted octanol–water partition coefficient (Wildman–Crippen LogP) is 5.49. The van der Waals surface area contributed by atoms with Gasteiger partial charge in [-0.1, -0.05) is 31.7 Å². The van der Waals surface area contributed by atoms with Crippen LogP contribution >= 0.6 is 27.3 Å². The molecule has 0 bridgehead atoms. The minimum Gasteiger partial charge on any atom is -0.388 e. The topological polar surface area (TPSA) is 57.0 Å². The molecule has 0 spiro atoms. The van der Waals surface area contributed by atoms with Crippen LogP contribution in [0.1, 0.15) is 35.5 Å². The molecule has 1 atom stereocenters. The van der Waals surface area contributed by atoms with E-state index in [1.54, 1.807) is 23.6 Å². The Morgan fingerprint density at radius 1 is 1.48 bits per heavy atom. The third-order valence-corrected chi connectivity index (χ3v) is 5.87. The minimum absolute atomic E-state index is 0.468. The van der Waals surface area contributed by atoms with Gasteiger partial charge in [-0.15, -0.1) is 11.3 Å². The molecule has 2 rings (SSSR count). The van der Waals surface area contributed by atoms with E-state index in [1.807, 2.05) is 31.2 Å². The molecule has 1 aromatic heterocycles. The Bertz CT molecular complexity index is 783. The van der Waals surface area contributed by atoms with Crippen molar-refractivity contribution >= 4 is 45.1 Å². The molecule has 0 saturated carbocycles. The van der Waals surface area contributed by atoms with E-state index >= 15 is 0 Å². The summed E-state index contributed by atoms with van der Waals surface area (Å²) in [5.74, 6) is 0.506. The maximum atomic E-state index is 10.0. The first-order chi connectivity index (χ1) is 12.0. The molecular formula is C19H22BrN3OS. The molecule has 25 heavy (non-hydrogen) atoms. The van der Waals surface area contributed by atoms with Crippen molar-refractivity contribution in [3.05, 3.63) is 62.8 Å². The Balaban J connectivity index is 2.20. The molecule has 6 heteroatoms. The van der Waals surface area contributed by atoms with Crippen molar-refractivity contribution in [3.8, 4) is 0 Å². The van der Waals surface area contributed by atoms with Gasteiger partial charge in [0.25, 0.3) is 0 Å². The molecule has 1 aromatic carbocycles. The number of aliphatic hydroxyl groups is 1. The number of aliphatic hydroxyl groups excluding tert-OH is 1. The van der Waals surface area contributed by atoms with Crippen LogP contribution in [0.4, 0.5) is 5.69 Å². The molecule has 132 valence electrons. The van der Waals surface area contributed by atoms with E-state index in [4.69, 9.17) is 0 Å². The molecule has 0 amide bonds. The summed E-state index contributed by atoms with van der Waals surface area (Å²) < 4.78 is 1.10. The summed E-state index contributed by atoms with van der Waals surface area (Å²) in [4.78, 5) is 10.1. The normalized spacial score (nSPS) is 13.2. The Morgan fingerprint density at radius 3 is 2.92 bits per heavy atom. The molecule has 0 aliphatic rings. The number of anilines is 1. The molecular weight excluding hydrogens is 398 g/mol. The number of hydrogen-bond donors (Lipinski definition) is 2. The van der Waals surface area contributed by atoms with E-state index in [1.165, 1.54) is 10.4 Å². The highest BCUT2D eigenvalue weighted by molar-refractivity contribution is 9.10. The van der Waals surface area contributed by atoms with Crippen LogP contribution in [-0.4, -0.2) is 17.3 Å². The van der Waals surface area contributed by atoms with Gasteiger partial charge in [-0.3, -0.25) is 0 Å². The average molecular weight is 420 g/mol. The summed E-state index contributed by atoms with van der Waals surface area (Å²) >= 11 is 5.20. The van der Waals surface area contributed by atoms with Gasteiger partial charge >= 0.3 is 0 Å². The van der Waals surface area contributed by atoms with Gasteiger partial charge < -0.3 is 10.4 Å². The number of allylic oxidation sites excluding steroid dienone is 1. The van der Waals surface area contributed by atoms with Crippen LogP contribution in [0.3, 0.4) is 0 Å². The van der Waals surface area contributed by atoms with Gasteiger partial charge in [-0.25, -0.2) is 9.98 Å². The first-order valence-corrected chi connectivity index (χ1v) is 9.69. The Kier molecular flexibility index (Phi) is 7.55. The summed E-state index contributed by atoms with van der Waals surface area (Å²) in [7, 11) is 0. The van der Waals surface area contributed by atoms with Crippen molar-refractivity contribution in [1.29, 1.82) is 0 Å². The Morgan fingerprint density at radius 2 is 2.28 bits per heavy atom. The minimum atomic E-state index is -0.468. The first-order valence-electron chi connectivity index (χ1n) is 8.02. The fourth-order valence-electron chi connectivity index (χ4n) is 2.16. The number of nitrogens with zero attached hydrogens (tertiary/aromatic N) is 2. The van der Waals surface area contributed by atoms with Gasteiger partial charge in [0.1, 0.15) is 0 Å². The predicted molar refractivity (Wildman–Crippen MR) is 112 cm³/mol. The van der Waals surface area contributed by atoms with Crippen molar-refractivity contribution in [1.82, 2.24) is 0 Å². The van der Waals surface area contributed by atoms with Crippen LogP contribution in [0.25, 0.3) is 0 Å². The lowest BCUT2D eigenvalue weighted by Crippen LogP contribution is -2.10. The standard InChI is InChI=1S/C19H22BrN3OS/c1-4-9-21-19(22-11-18-13(3)16(20)12-25-18)23-15-8-6-7-14(10-15)17(24)5-2/h4,6-10,12,17,24H,1,5,11H2,2-3H3,(H,22,23)/b21-9-. The second-order valence-corrected chi connectivity index (χ2v) is 7.28. The SMILES string of the molecule is C=C/C=N\C(=NCc1scc(Br)c1C)Nc1cccc(C(O)CC)c1. The van der Waals surface area contributed by atoms with Gasteiger partial charge in [0.05, 0.1) is 12.6 Å². The zero-order valence-electron chi connectivity index (χ0n) is 14.4. The third kappa shape index (κ3) is 5.63. The highest BCUT2D eigenvalue weighted by Gasteiger charge is 2.07. The lowest BCUT2D eigenvalue weighted by Gasteiger charge is -2.11. The molecule has 0 fully saturated rings. The lowest BCUT2D eigenvalue weighted by atomic mass is 10.1. The zero-order chi connectivity index (χ0) is 18.2.